The lowest BCUT2D eigenvalue weighted by atomic mass is 9.94. The van der Waals surface area contributed by atoms with Gasteiger partial charge in [-0.05, 0) is 30.9 Å². The van der Waals surface area contributed by atoms with Crippen molar-refractivity contribution in [2.45, 2.75) is 30.7 Å². The molecule has 0 spiro atoms. The molecule has 0 radical (unpaired) electrons. The highest BCUT2D eigenvalue weighted by Gasteiger charge is 2.39. The summed E-state index contributed by atoms with van der Waals surface area (Å²) in [5.74, 6) is -0.852. The van der Waals surface area contributed by atoms with Crippen molar-refractivity contribution in [3.8, 4) is 0 Å². The van der Waals surface area contributed by atoms with Gasteiger partial charge in [0.05, 0.1) is 4.90 Å². The molecule has 2 rings (SSSR count). The maximum Gasteiger partial charge on any atom is 0.322 e. The van der Waals surface area contributed by atoms with Gasteiger partial charge in [-0.3, -0.25) is 4.79 Å². The summed E-state index contributed by atoms with van der Waals surface area (Å²) >= 11 is 0. The summed E-state index contributed by atoms with van der Waals surface area (Å²) in [7, 11) is -3.73. The first-order chi connectivity index (χ1) is 8.93. The molecule has 1 heterocycles. The molecular formula is C13H17NO4S. The Bertz CT molecular complexity index is 555. The van der Waals surface area contributed by atoms with Crippen LogP contribution in [-0.4, -0.2) is 36.4 Å². The lowest BCUT2D eigenvalue weighted by Crippen LogP contribution is -2.49. The molecule has 1 aromatic rings. The van der Waals surface area contributed by atoms with E-state index >= 15 is 0 Å². The zero-order valence-corrected chi connectivity index (χ0v) is 11.5. The number of hydrogen-bond donors (Lipinski definition) is 1. The van der Waals surface area contributed by atoms with Crippen LogP contribution in [0.25, 0.3) is 0 Å². The van der Waals surface area contributed by atoms with Crippen LogP contribution in [0.2, 0.25) is 0 Å². The second-order valence-corrected chi connectivity index (χ2v) is 6.80. The fourth-order valence-corrected chi connectivity index (χ4v) is 3.99. The van der Waals surface area contributed by atoms with Crippen LogP contribution in [0.15, 0.2) is 35.2 Å². The van der Waals surface area contributed by atoms with Crippen molar-refractivity contribution >= 4 is 16.0 Å². The smallest absolute Gasteiger partial charge is 0.322 e. The first-order valence-corrected chi connectivity index (χ1v) is 7.66. The van der Waals surface area contributed by atoms with Crippen LogP contribution in [0.4, 0.5) is 0 Å². The monoisotopic (exact) mass is 283 g/mol. The highest BCUT2D eigenvalue weighted by Crippen LogP contribution is 2.28. The molecule has 0 amide bonds. The van der Waals surface area contributed by atoms with Crippen molar-refractivity contribution < 1.29 is 18.3 Å². The first-order valence-electron chi connectivity index (χ1n) is 6.22. The Kier molecular flexibility index (Phi) is 3.91. The number of sulfonamides is 1. The molecule has 2 atom stereocenters. The van der Waals surface area contributed by atoms with E-state index in [9.17, 15) is 18.3 Å². The molecule has 0 aromatic heterocycles. The van der Waals surface area contributed by atoms with Gasteiger partial charge in [-0.25, -0.2) is 8.42 Å². The van der Waals surface area contributed by atoms with Crippen molar-refractivity contribution in [3.63, 3.8) is 0 Å². The highest BCUT2D eigenvalue weighted by atomic mass is 32.2. The van der Waals surface area contributed by atoms with E-state index in [0.717, 1.165) is 4.31 Å². The second-order valence-electron chi connectivity index (χ2n) is 4.91. The van der Waals surface area contributed by atoms with Gasteiger partial charge in [0, 0.05) is 6.54 Å². The van der Waals surface area contributed by atoms with E-state index in [0.29, 0.717) is 12.8 Å². The zero-order valence-electron chi connectivity index (χ0n) is 10.7. The Morgan fingerprint density at radius 1 is 1.32 bits per heavy atom. The fourth-order valence-electron chi connectivity index (χ4n) is 2.36. The maximum absolute atomic E-state index is 12.5. The van der Waals surface area contributed by atoms with Gasteiger partial charge < -0.3 is 5.11 Å². The fraction of sp³-hybridized carbons (Fsp3) is 0.462. The summed E-state index contributed by atoms with van der Waals surface area (Å²) in [6.45, 7) is 2.21. The van der Waals surface area contributed by atoms with E-state index in [2.05, 4.69) is 0 Å². The van der Waals surface area contributed by atoms with Crippen molar-refractivity contribution in [1.82, 2.24) is 4.31 Å². The number of nitrogens with zero attached hydrogens (tertiary/aromatic N) is 1. The summed E-state index contributed by atoms with van der Waals surface area (Å²) in [6, 6.07) is 7.02. The molecule has 2 unspecified atom stereocenters. The molecule has 1 aromatic carbocycles. The van der Waals surface area contributed by atoms with E-state index in [1.54, 1.807) is 18.2 Å². The Morgan fingerprint density at radius 3 is 2.53 bits per heavy atom. The minimum atomic E-state index is -3.73. The topological polar surface area (TPSA) is 74.7 Å². The lowest BCUT2D eigenvalue weighted by Gasteiger charge is -2.34. The summed E-state index contributed by atoms with van der Waals surface area (Å²) in [6.07, 6.45) is 1.05. The average Bonchev–Trinajstić information content (AvgIpc) is 2.39. The van der Waals surface area contributed by atoms with Gasteiger partial charge in [-0.15, -0.1) is 0 Å². The van der Waals surface area contributed by atoms with Crippen LogP contribution in [0.3, 0.4) is 0 Å². The lowest BCUT2D eigenvalue weighted by molar-refractivity contribution is -0.142. The summed E-state index contributed by atoms with van der Waals surface area (Å²) in [5.41, 5.74) is 0. The number of aliphatic carboxylic acids is 1. The van der Waals surface area contributed by atoms with E-state index < -0.39 is 22.0 Å². The molecule has 1 fully saturated rings. The van der Waals surface area contributed by atoms with Gasteiger partial charge in [0.15, 0.2) is 0 Å². The number of hydrogen-bond acceptors (Lipinski definition) is 3. The van der Waals surface area contributed by atoms with E-state index in [4.69, 9.17) is 0 Å². The molecule has 104 valence electrons. The zero-order chi connectivity index (χ0) is 14.0. The Morgan fingerprint density at radius 2 is 1.95 bits per heavy atom. The number of carboxylic acids is 1. The maximum atomic E-state index is 12.5. The van der Waals surface area contributed by atoms with Gasteiger partial charge >= 0.3 is 5.97 Å². The number of rotatable bonds is 3. The van der Waals surface area contributed by atoms with Crippen molar-refractivity contribution in [2.24, 2.45) is 5.92 Å². The predicted octanol–water partition coefficient (Wildman–Crippen LogP) is 1.56. The Hall–Kier alpha value is -1.40. The van der Waals surface area contributed by atoms with Gasteiger partial charge in [0.1, 0.15) is 6.04 Å². The third-order valence-electron chi connectivity index (χ3n) is 3.45. The standard InChI is InChI=1S/C13H17NO4S/c1-10-7-8-14(12(9-10)13(15)16)19(17,18)11-5-3-2-4-6-11/h2-6,10,12H,7-9H2,1H3,(H,15,16). The van der Waals surface area contributed by atoms with Gasteiger partial charge in [-0.2, -0.15) is 4.31 Å². The van der Waals surface area contributed by atoms with Crippen molar-refractivity contribution in [3.05, 3.63) is 30.3 Å². The molecule has 0 bridgehead atoms. The third kappa shape index (κ3) is 2.79. The van der Waals surface area contributed by atoms with E-state index in [1.807, 2.05) is 6.92 Å². The van der Waals surface area contributed by atoms with Crippen LogP contribution < -0.4 is 0 Å². The second kappa shape index (κ2) is 5.30. The van der Waals surface area contributed by atoms with Crippen LogP contribution in [0.1, 0.15) is 19.8 Å². The minimum absolute atomic E-state index is 0.149. The predicted molar refractivity (Wildman–Crippen MR) is 70.2 cm³/mol. The molecule has 6 heteroatoms. The van der Waals surface area contributed by atoms with Gasteiger partial charge in [0.25, 0.3) is 0 Å². The molecule has 0 saturated carbocycles. The normalized spacial score (nSPS) is 25.1. The molecule has 5 nitrogen and oxygen atoms in total. The quantitative estimate of drug-likeness (QED) is 0.913. The number of piperidine rings is 1. The SMILES string of the molecule is CC1CCN(S(=O)(=O)c2ccccc2)C(C(=O)O)C1. The first kappa shape index (κ1) is 14.0. The Labute approximate surface area is 112 Å². The van der Waals surface area contributed by atoms with Crippen LogP contribution in [-0.2, 0) is 14.8 Å². The molecular weight excluding hydrogens is 266 g/mol. The molecule has 1 saturated heterocycles. The summed E-state index contributed by atoms with van der Waals surface area (Å²) in [4.78, 5) is 11.4. The van der Waals surface area contributed by atoms with Gasteiger partial charge in [0.2, 0.25) is 10.0 Å². The summed E-state index contributed by atoms with van der Waals surface area (Å²) < 4.78 is 26.1. The molecule has 0 aliphatic carbocycles. The van der Waals surface area contributed by atoms with Crippen molar-refractivity contribution in [1.29, 1.82) is 0 Å². The van der Waals surface area contributed by atoms with Crippen LogP contribution >= 0.6 is 0 Å². The number of benzene rings is 1. The highest BCUT2D eigenvalue weighted by molar-refractivity contribution is 7.89. The van der Waals surface area contributed by atoms with Crippen LogP contribution in [0, 0.1) is 5.92 Å². The third-order valence-corrected chi connectivity index (χ3v) is 5.37. The average molecular weight is 283 g/mol. The largest absolute Gasteiger partial charge is 0.480 e. The van der Waals surface area contributed by atoms with Gasteiger partial charge in [-0.1, -0.05) is 25.1 Å². The molecule has 1 aliphatic heterocycles. The minimum Gasteiger partial charge on any atom is -0.480 e. The number of carboxylic acid groups (broad SMARTS) is 1. The molecule has 1 N–H and O–H groups in total. The summed E-state index contributed by atoms with van der Waals surface area (Å²) in [5, 5.41) is 9.23. The van der Waals surface area contributed by atoms with E-state index in [1.165, 1.54) is 12.1 Å². The Balaban J connectivity index is 2.36. The van der Waals surface area contributed by atoms with Crippen molar-refractivity contribution in [2.75, 3.05) is 6.54 Å². The van der Waals surface area contributed by atoms with Crippen LogP contribution in [0.5, 0.6) is 0 Å². The molecule has 19 heavy (non-hydrogen) atoms. The van der Waals surface area contributed by atoms with E-state index in [-0.39, 0.29) is 17.4 Å². The molecule has 1 aliphatic rings. The number of carbonyl (C=O) groups is 1.